The van der Waals surface area contributed by atoms with Crippen LogP contribution in [0.3, 0.4) is 0 Å². The molecule has 122 valence electrons. The Morgan fingerprint density at radius 3 is 2.62 bits per heavy atom. The first-order chi connectivity index (χ1) is 11.6. The highest BCUT2D eigenvalue weighted by molar-refractivity contribution is 5.93. The van der Waals surface area contributed by atoms with Crippen LogP contribution in [0.4, 0.5) is 0 Å². The Balaban J connectivity index is 1.86. The molecule has 3 heteroatoms. The monoisotopic (exact) mass is 319 g/mol. The molecule has 3 nitrogen and oxygen atoms in total. The Labute approximate surface area is 142 Å². The smallest absolute Gasteiger partial charge is 0.298 e. The maximum atomic E-state index is 12.4. The van der Waals surface area contributed by atoms with Crippen LogP contribution in [0.25, 0.3) is 0 Å². The molecule has 2 aromatic rings. The zero-order valence-corrected chi connectivity index (χ0v) is 13.8. The van der Waals surface area contributed by atoms with Crippen LogP contribution in [0.5, 0.6) is 0 Å². The molecule has 0 radical (unpaired) electrons. The van der Waals surface area contributed by atoms with Crippen LogP contribution < -0.4 is 0 Å². The molecule has 1 aliphatic carbocycles. The molecule has 1 N–H and O–H groups in total. The molecule has 1 atom stereocenters. The van der Waals surface area contributed by atoms with Gasteiger partial charge in [-0.1, -0.05) is 60.5 Å². The first kappa shape index (κ1) is 16.3. The van der Waals surface area contributed by atoms with Gasteiger partial charge in [0.05, 0.1) is 6.54 Å². The summed E-state index contributed by atoms with van der Waals surface area (Å²) in [6.45, 7) is 2.35. The molecular formula is C21H21NO2. The first-order valence-electron chi connectivity index (χ1n) is 8.19. The number of nitrogens with zero attached hydrogens (tertiary/aromatic N) is 1. The van der Waals surface area contributed by atoms with E-state index in [1.165, 1.54) is 0 Å². The topological polar surface area (TPSA) is 40.5 Å². The van der Waals surface area contributed by atoms with Gasteiger partial charge in [-0.25, -0.2) is 0 Å². The second kappa shape index (κ2) is 6.90. The van der Waals surface area contributed by atoms with Crippen LogP contribution in [0.1, 0.15) is 30.0 Å². The van der Waals surface area contributed by atoms with Gasteiger partial charge in [0.1, 0.15) is 5.60 Å². The molecule has 24 heavy (non-hydrogen) atoms. The van der Waals surface area contributed by atoms with E-state index < -0.39 is 5.60 Å². The third kappa shape index (κ3) is 3.34. The highest BCUT2D eigenvalue weighted by Gasteiger charge is 2.38. The van der Waals surface area contributed by atoms with Gasteiger partial charge in [0, 0.05) is 6.54 Å². The summed E-state index contributed by atoms with van der Waals surface area (Å²) in [4.78, 5) is 14.1. The van der Waals surface area contributed by atoms with Gasteiger partial charge >= 0.3 is 0 Å². The fraction of sp³-hybridized carbons (Fsp3) is 0.286. The van der Waals surface area contributed by atoms with Gasteiger partial charge in [0.2, 0.25) is 0 Å². The van der Waals surface area contributed by atoms with Crippen molar-refractivity contribution in [3.05, 3.63) is 71.3 Å². The number of hydrogen-bond donors (Lipinski definition) is 1. The van der Waals surface area contributed by atoms with Crippen molar-refractivity contribution in [1.29, 1.82) is 0 Å². The lowest BCUT2D eigenvalue weighted by atomic mass is 9.95. The normalized spacial score (nSPS) is 18.4. The first-order valence-corrected chi connectivity index (χ1v) is 8.19. The average molecular weight is 319 g/mol. The number of amides is 1. The molecular weight excluding hydrogens is 298 g/mol. The molecule has 0 aliphatic heterocycles. The summed E-state index contributed by atoms with van der Waals surface area (Å²) < 4.78 is 0. The summed E-state index contributed by atoms with van der Waals surface area (Å²) in [6.07, 6.45) is 1.46. The largest absolute Gasteiger partial charge is 0.383 e. The minimum absolute atomic E-state index is 0.251. The van der Waals surface area contributed by atoms with Gasteiger partial charge in [0.15, 0.2) is 0 Å². The van der Waals surface area contributed by atoms with Gasteiger partial charge in [-0.05, 0) is 42.4 Å². The van der Waals surface area contributed by atoms with Crippen molar-refractivity contribution < 1.29 is 9.90 Å². The number of benzene rings is 2. The summed E-state index contributed by atoms with van der Waals surface area (Å²) in [7, 11) is 0. The number of rotatable bonds is 4. The lowest BCUT2D eigenvalue weighted by molar-refractivity contribution is -0.129. The van der Waals surface area contributed by atoms with Gasteiger partial charge in [-0.2, -0.15) is 0 Å². The summed E-state index contributed by atoms with van der Waals surface area (Å²) in [5.41, 5.74) is 2.11. The highest BCUT2D eigenvalue weighted by Crippen LogP contribution is 2.37. The van der Waals surface area contributed by atoms with E-state index in [0.717, 1.165) is 23.1 Å². The predicted molar refractivity (Wildman–Crippen MR) is 94.0 cm³/mol. The fourth-order valence-electron chi connectivity index (χ4n) is 3.34. The van der Waals surface area contributed by atoms with Crippen molar-refractivity contribution in [2.24, 2.45) is 0 Å². The quantitative estimate of drug-likeness (QED) is 0.880. The van der Waals surface area contributed by atoms with Gasteiger partial charge in [-0.15, -0.1) is 0 Å². The van der Waals surface area contributed by atoms with E-state index in [1.807, 2.05) is 54.6 Å². The van der Waals surface area contributed by atoms with E-state index in [-0.39, 0.29) is 12.5 Å². The van der Waals surface area contributed by atoms with Crippen LogP contribution >= 0.6 is 0 Å². The molecule has 3 rings (SSSR count). The SMILES string of the molecule is CC#CC(=O)N(Cc1ccccc1)C[C@@]1(O)CCc2ccccc21. The minimum Gasteiger partial charge on any atom is -0.383 e. The minimum atomic E-state index is -1.00. The maximum Gasteiger partial charge on any atom is 0.298 e. The van der Waals surface area contributed by atoms with Crippen LogP contribution in [0.15, 0.2) is 54.6 Å². The van der Waals surface area contributed by atoms with Crippen LogP contribution in [-0.2, 0) is 23.4 Å². The molecule has 0 unspecified atom stereocenters. The molecule has 0 heterocycles. The van der Waals surface area contributed by atoms with Crippen LogP contribution in [-0.4, -0.2) is 22.5 Å². The van der Waals surface area contributed by atoms with Crippen molar-refractivity contribution in [3.63, 3.8) is 0 Å². The maximum absolute atomic E-state index is 12.4. The van der Waals surface area contributed by atoms with E-state index >= 15 is 0 Å². The molecule has 0 spiro atoms. The molecule has 1 aliphatic rings. The van der Waals surface area contributed by atoms with Crippen LogP contribution in [0.2, 0.25) is 0 Å². The molecule has 0 saturated heterocycles. The van der Waals surface area contributed by atoms with Crippen molar-refractivity contribution in [1.82, 2.24) is 4.90 Å². The molecule has 0 aromatic heterocycles. The average Bonchev–Trinajstić information content (AvgIpc) is 2.93. The summed E-state index contributed by atoms with van der Waals surface area (Å²) in [6, 6.07) is 17.7. The van der Waals surface area contributed by atoms with E-state index in [0.29, 0.717) is 13.0 Å². The van der Waals surface area contributed by atoms with Crippen molar-refractivity contribution in [3.8, 4) is 11.8 Å². The van der Waals surface area contributed by atoms with E-state index in [9.17, 15) is 9.90 Å². The Kier molecular flexibility index (Phi) is 4.69. The number of carbonyl (C=O) groups is 1. The lowest BCUT2D eigenvalue weighted by Crippen LogP contribution is -2.42. The summed E-state index contributed by atoms with van der Waals surface area (Å²) in [5.74, 6) is 5.02. The van der Waals surface area contributed by atoms with Crippen molar-refractivity contribution >= 4 is 5.91 Å². The van der Waals surface area contributed by atoms with Gasteiger partial charge < -0.3 is 10.0 Å². The molecule has 0 bridgehead atoms. The number of hydrogen-bond acceptors (Lipinski definition) is 2. The number of aliphatic hydroxyl groups is 1. The Morgan fingerprint density at radius 2 is 1.88 bits per heavy atom. The van der Waals surface area contributed by atoms with Crippen molar-refractivity contribution in [2.45, 2.75) is 31.9 Å². The fourth-order valence-corrected chi connectivity index (χ4v) is 3.34. The van der Waals surface area contributed by atoms with Crippen molar-refractivity contribution in [2.75, 3.05) is 6.54 Å². The van der Waals surface area contributed by atoms with E-state index in [2.05, 4.69) is 11.8 Å². The Morgan fingerprint density at radius 1 is 1.17 bits per heavy atom. The van der Waals surface area contributed by atoms with E-state index in [1.54, 1.807) is 11.8 Å². The second-order valence-electron chi connectivity index (χ2n) is 6.21. The Hall–Kier alpha value is -2.57. The summed E-state index contributed by atoms with van der Waals surface area (Å²) in [5, 5.41) is 11.2. The molecule has 0 saturated carbocycles. The van der Waals surface area contributed by atoms with Gasteiger partial charge in [-0.3, -0.25) is 4.79 Å². The molecule has 1 amide bonds. The third-order valence-corrected chi connectivity index (χ3v) is 4.51. The predicted octanol–water partition coefficient (Wildman–Crippen LogP) is 2.87. The molecule has 2 aromatic carbocycles. The number of fused-ring (bicyclic) bond motifs is 1. The third-order valence-electron chi connectivity index (χ3n) is 4.51. The standard InChI is InChI=1S/C21H21NO2/c1-2-8-20(23)22(15-17-9-4-3-5-10-17)16-21(24)14-13-18-11-6-7-12-19(18)21/h3-7,9-12,24H,13-16H2,1H3/t21-/m0/s1. The second-order valence-corrected chi connectivity index (χ2v) is 6.21. The highest BCUT2D eigenvalue weighted by atomic mass is 16.3. The van der Waals surface area contributed by atoms with E-state index in [4.69, 9.17) is 0 Å². The molecule has 0 fully saturated rings. The zero-order chi connectivity index (χ0) is 17.0. The zero-order valence-electron chi connectivity index (χ0n) is 13.8. The van der Waals surface area contributed by atoms with Crippen LogP contribution in [0, 0.1) is 11.8 Å². The number of carbonyl (C=O) groups excluding carboxylic acids is 1. The number of aryl methyl sites for hydroxylation is 1. The Bertz CT molecular complexity index is 788. The lowest BCUT2D eigenvalue weighted by Gasteiger charge is -2.31. The summed E-state index contributed by atoms with van der Waals surface area (Å²) >= 11 is 0. The van der Waals surface area contributed by atoms with Gasteiger partial charge in [0.25, 0.3) is 5.91 Å².